The first-order chi connectivity index (χ1) is 9.96. The predicted octanol–water partition coefficient (Wildman–Crippen LogP) is 1.60. The molecule has 1 aromatic carbocycles. The minimum Gasteiger partial charge on any atom is -0.369 e. The SMILES string of the molecule is CS(=O)(=O)CCCn1c(N)nc2cnc3ccccc3c21. The van der Waals surface area contributed by atoms with E-state index in [9.17, 15) is 8.42 Å². The molecule has 110 valence electrons. The van der Waals surface area contributed by atoms with Gasteiger partial charge in [0.05, 0.1) is 23.0 Å². The van der Waals surface area contributed by atoms with Crippen molar-refractivity contribution >= 4 is 37.7 Å². The average Bonchev–Trinajstić information content (AvgIpc) is 2.74. The largest absolute Gasteiger partial charge is 0.369 e. The first-order valence-corrected chi connectivity index (χ1v) is 8.69. The lowest BCUT2D eigenvalue weighted by molar-refractivity contribution is 0.594. The van der Waals surface area contributed by atoms with Crippen molar-refractivity contribution < 1.29 is 8.42 Å². The smallest absolute Gasteiger partial charge is 0.201 e. The number of hydrogen-bond donors (Lipinski definition) is 1. The van der Waals surface area contributed by atoms with Gasteiger partial charge in [-0.05, 0) is 12.5 Å². The summed E-state index contributed by atoms with van der Waals surface area (Å²) in [6, 6.07) is 7.76. The van der Waals surface area contributed by atoms with Gasteiger partial charge in [-0.3, -0.25) is 4.98 Å². The quantitative estimate of drug-likeness (QED) is 0.790. The number of fused-ring (bicyclic) bond motifs is 3. The number of nitrogens with zero attached hydrogens (tertiary/aromatic N) is 3. The van der Waals surface area contributed by atoms with Crippen molar-refractivity contribution in [3.63, 3.8) is 0 Å². The average molecular weight is 304 g/mol. The van der Waals surface area contributed by atoms with Gasteiger partial charge in [-0.2, -0.15) is 0 Å². The number of para-hydroxylation sites is 1. The molecule has 0 unspecified atom stereocenters. The molecular weight excluding hydrogens is 288 g/mol. The zero-order valence-electron chi connectivity index (χ0n) is 11.7. The topological polar surface area (TPSA) is 90.9 Å². The van der Waals surface area contributed by atoms with E-state index in [1.54, 1.807) is 6.20 Å². The number of hydrogen-bond acceptors (Lipinski definition) is 5. The van der Waals surface area contributed by atoms with Crippen molar-refractivity contribution in [2.45, 2.75) is 13.0 Å². The zero-order chi connectivity index (χ0) is 15.0. The lowest BCUT2D eigenvalue weighted by Crippen LogP contribution is -2.09. The first kappa shape index (κ1) is 13.8. The summed E-state index contributed by atoms with van der Waals surface area (Å²) < 4.78 is 24.4. The number of aryl methyl sites for hydroxylation is 1. The number of benzene rings is 1. The van der Waals surface area contributed by atoms with Crippen LogP contribution in [0, 0.1) is 0 Å². The molecule has 0 saturated carbocycles. The number of aromatic nitrogens is 3. The highest BCUT2D eigenvalue weighted by molar-refractivity contribution is 7.90. The van der Waals surface area contributed by atoms with Crippen LogP contribution < -0.4 is 5.73 Å². The van der Waals surface area contributed by atoms with Gasteiger partial charge in [-0.1, -0.05) is 18.2 Å². The van der Waals surface area contributed by atoms with Crippen molar-refractivity contribution in [1.29, 1.82) is 0 Å². The van der Waals surface area contributed by atoms with Gasteiger partial charge in [-0.15, -0.1) is 0 Å². The van der Waals surface area contributed by atoms with E-state index in [-0.39, 0.29) is 5.75 Å². The Kier molecular flexibility index (Phi) is 3.29. The molecule has 2 aromatic heterocycles. The summed E-state index contributed by atoms with van der Waals surface area (Å²) in [5, 5.41) is 0.971. The Morgan fingerprint density at radius 2 is 2.00 bits per heavy atom. The highest BCUT2D eigenvalue weighted by Gasteiger charge is 2.12. The van der Waals surface area contributed by atoms with Crippen LogP contribution in [0.4, 0.5) is 5.95 Å². The maximum Gasteiger partial charge on any atom is 0.201 e. The summed E-state index contributed by atoms with van der Waals surface area (Å²) in [5.41, 5.74) is 8.47. The minimum absolute atomic E-state index is 0.134. The molecule has 0 radical (unpaired) electrons. The molecule has 0 fully saturated rings. The number of nitrogen functional groups attached to an aromatic ring is 1. The molecule has 0 aliphatic carbocycles. The Morgan fingerprint density at radius 1 is 1.24 bits per heavy atom. The Morgan fingerprint density at radius 3 is 2.76 bits per heavy atom. The molecule has 7 heteroatoms. The molecule has 0 saturated heterocycles. The summed E-state index contributed by atoms with van der Waals surface area (Å²) >= 11 is 0. The van der Waals surface area contributed by atoms with Crippen molar-refractivity contribution in [3.05, 3.63) is 30.5 Å². The van der Waals surface area contributed by atoms with Crippen LogP contribution >= 0.6 is 0 Å². The van der Waals surface area contributed by atoms with Crippen LogP contribution in [0.5, 0.6) is 0 Å². The number of sulfone groups is 1. The van der Waals surface area contributed by atoms with Crippen LogP contribution in [0.3, 0.4) is 0 Å². The fourth-order valence-electron chi connectivity index (χ4n) is 2.49. The second-order valence-electron chi connectivity index (χ2n) is 5.11. The summed E-state index contributed by atoms with van der Waals surface area (Å²) in [6.07, 6.45) is 3.44. The first-order valence-electron chi connectivity index (χ1n) is 6.63. The summed E-state index contributed by atoms with van der Waals surface area (Å²) in [6.45, 7) is 0.517. The Labute approximate surface area is 122 Å². The molecular formula is C14H16N4O2S. The number of rotatable bonds is 4. The van der Waals surface area contributed by atoms with Crippen LogP contribution in [0.15, 0.2) is 30.5 Å². The van der Waals surface area contributed by atoms with Crippen LogP contribution in [0.2, 0.25) is 0 Å². The zero-order valence-corrected chi connectivity index (χ0v) is 12.5. The van der Waals surface area contributed by atoms with E-state index in [2.05, 4.69) is 9.97 Å². The molecule has 2 heterocycles. The summed E-state index contributed by atoms with van der Waals surface area (Å²) in [4.78, 5) is 8.66. The molecule has 6 nitrogen and oxygen atoms in total. The molecule has 21 heavy (non-hydrogen) atoms. The molecule has 0 spiro atoms. The monoisotopic (exact) mass is 304 g/mol. The third-order valence-corrected chi connectivity index (χ3v) is 4.44. The molecule has 0 aliphatic heterocycles. The van der Waals surface area contributed by atoms with E-state index >= 15 is 0 Å². The van der Waals surface area contributed by atoms with Crippen LogP contribution in [0.25, 0.3) is 21.9 Å². The fraction of sp³-hybridized carbons (Fsp3) is 0.286. The highest BCUT2D eigenvalue weighted by atomic mass is 32.2. The Hall–Kier alpha value is -2.15. The standard InChI is InChI=1S/C14H16N4O2S/c1-21(19,20)8-4-7-18-13-10-5-2-3-6-11(10)16-9-12(13)17-14(18)15/h2-3,5-6,9H,4,7-8H2,1H3,(H2,15,17). The van der Waals surface area contributed by atoms with E-state index in [4.69, 9.17) is 5.73 Å². The van der Waals surface area contributed by atoms with Crippen LogP contribution in [0.1, 0.15) is 6.42 Å². The van der Waals surface area contributed by atoms with Crippen LogP contribution in [-0.4, -0.2) is 35.0 Å². The van der Waals surface area contributed by atoms with Gasteiger partial charge in [0.2, 0.25) is 5.95 Å². The molecule has 0 atom stereocenters. The van der Waals surface area contributed by atoms with Gasteiger partial charge >= 0.3 is 0 Å². The van der Waals surface area contributed by atoms with E-state index < -0.39 is 9.84 Å². The number of nitrogens with two attached hydrogens (primary N) is 1. The van der Waals surface area contributed by atoms with Gasteiger partial charge in [0.15, 0.2) is 0 Å². The number of pyridine rings is 1. The van der Waals surface area contributed by atoms with Gasteiger partial charge in [0.25, 0.3) is 0 Å². The van der Waals surface area contributed by atoms with E-state index in [0.29, 0.717) is 18.9 Å². The summed E-state index contributed by atoms with van der Waals surface area (Å²) in [7, 11) is -2.97. The molecule has 2 N–H and O–H groups in total. The van der Waals surface area contributed by atoms with E-state index in [0.717, 1.165) is 21.9 Å². The normalized spacial score (nSPS) is 12.2. The number of imidazole rings is 1. The summed E-state index contributed by atoms with van der Waals surface area (Å²) in [5.74, 6) is 0.520. The van der Waals surface area contributed by atoms with Gasteiger partial charge in [0, 0.05) is 18.2 Å². The third kappa shape index (κ3) is 2.69. The molecule has 3 rings (SSSR count). The van der Waals surface area contributed by atoms with Crippen molar-refractivity contribution in [2.75, 3.05) is 17.7 Å². The van der Waals surface area contributed by atoms with Crippen molar-refractivity contribution in [3.8, 4) is 0 Å². The van der Waals surface area contributed by atoms with Crippen molar-refractivity contribution in [1.82, 2.24) is 14.5 Å². The van der Waals surface area contributed by atoms with Gasteiger partial charge < -0.3 is 10.3 Å². The van der Waals surface area contributed by atoms with Gasteiger partial charge in [-0.25, -0.2) is 13.4 Å². The highest BCUT2D eigenvalue weighted by Crippen LogP contribution is 2.25. The minimum atomic E-state index is -2.97. The van der Waals surface area contributed by atoms with E-state index in [1.165, 1.54) is 6.26 Å². The van der Waals surface area contributed by atoms with Gasteiger partial charge in [0.1, 0.15) is 15.4 Å². The van der Waals surface area contributed by atoms with Crippen LogP contribution in [-0.2, 0) is 16.4 Å². The Bertz CT molecular complexity index is 915. The molecule has 0 amide bonds. The van der Waals surface area contributed by atoms with Crippen molar-refractivity contribution in [2.24, 2.45) is 0 Å². The second-order valence-corrected chi connectivity index (χ2v) is 7.37. The lowest BCUT2D eigenvalue weighted by Gasteiger charge is -2.07. The molecule has 0 bridgehead atoms. The maximum absolute atomic E-state index is 11.3. The lowest BCUT2D eigenvalue weighted by atomic mass is 10.2. The fourth-order valence-corrected chi connectivity index (χ4v) is 3.14. The molecule has 0 aliphatic rings. The Balaban J connectivity index is 2.08. The third-order valence-electron chi connectivity index (χ3n) is 3.41. The molecule has 3 aromatic rings. The number of anilines is 1. The second kappa shape index (κ2) is 5.00. The predicted molar refractivity (Wildman–Crippen MR) is 83.8 cm³/mol. The maximum atomic E-state index is 11.3. The van der Waals surface area contributed by atoms with E-state index in [1.807, 2.05) is 28.8 Å².